The Kier molecular flexibility index (Phi) is 5.70. The molecule has 2 atom stereocenters. The summed E-state index contributed by atoms with van der Waals surface area (Å²) in [5.74, 6) is -2.44. The molecule has 0 unspecified atom stereocenters. The molecule has 0 aromatic heterocycles. The summed E-state index contributed by atoms with van der Waals surface area (Å²) >= 11 is 0. The van der Waals surface area contributed by atoms with Crippen molar-refractivity contribution < 1.29 is 18.7 Å². The molecule has 1 aliphatic rings. The molecule has 128 valence electrons. The lowest BCUT2D eigenvalue weighted by Crippen LogP contribution is -2.57. The smallest absolute Gasteiger partial charge is 0.256 e. The van der Waals surface area contributed by atoms with Crippen molar-refractivity contribution in [3.8, 4) is 0 Å². The van der Waals surface area contributed by atoms with Crippen LogP contribution in [0.15, 0.2) is 18.2 Å². The number of rotatable bonds is 6. The molecule has 0 saturated carbocycles. The number of aliphatic hydroxyl groups excluding tert-OH is 1. The van der Waals surface area contributed by atoms with E-state index in [1.54, 1.807) is 7.05 Å². The number of carbonyl (C=O) groups is 1. The van der Waals surface area contributed by atoms with Crippen molar-refractivity contribution in [3.05, 3.63) is 35.4 Å². The average molecular weight is 326 g/mol. The molecule has 1 amide bonds. The van der Waals surface area contributed by atoms with Gasteiger partial charge in [-0.3, -0.25) is 9.69 Å². The van der Waals surface area contributed by atoms with Crippen LogP contribution in [-0.2, 0) is 0 Å². The second-order valence-electron chi connectivity index (χ2n) is 6.34. The molecule has 2 rings (SSSR count). The number of hydrogen-bond acceptors (Lipinski definition) is 3. The fourth-order valence-electron chi connectivity index (χ4n) is 2.92. The number of halogens is 2. The van der Waals surface area contributed by atoms with Gasteiger partial charge in [0.1, 0.15) is 0 Å². The third-order valence-corrected chi connectivity index (χ3v) is 4.68. The molecule has 1 aliphatic heterocycles. The van der Waals surface area contributed by atoms with Crippen LogP contribution in [0.4, 0.5) is 8.78 Å². The van der Waals surface area contributed by atoms with Gasteiger partial charge in [-0.05, 0) is 18.1 Å². The van der Waals surface area contributed by atoms with Crippen molar-refractivity contribution in [1.29, 1.82) is 0 Å². The van der Waals surface area contributed by atoms with Crippen molar-refractivity contribution in [3.63, 3.8) is 0 Å². The van der Waals surface area contributed by atoms with E-state index in [2.05, 4.69) is 4.90 Å². The van der Waals surface area contributed by atoms with Crippen molar-refractivity contribution >= 4 is 5.91 Å². The molecule has 1 aromatic rings. The van der Waals surface area contributed by atoms with Crippen LogP contribution in [0.5, 0.6) is 0 Å². The van der Waals surface area contributed by atoms with Crippen LogP contribution in [0.1, 0.15) is 30.6 Å². The molecule has 0 bridgehead atoms. The molecule has 0 radical (unpaired) electrons. The number of β-amino-alcohol motifs (C(OH)–C–C–N with tert-alkyl or cyclic N) is 1. The molecule has 23 heavy (non-hydrogen) atoms. The molecule has 1 heterocycles. The number of likely N-dealkylation sites (tertiary alicyclic amines) is 1. The summed E-state index contributed by atoms with van der Waals surface area (Å²) < 4.78 is 27.2. The van der Waals surface area contributed by atoms with Crippen LogP contribution in [0.25, 0.3) is 0 Å². The maximum Gasteiger partial charge on any atom is 0.256 e. The van der Waals surface area contributed by atoms with Gasteiger partial charge in [0.05, 0.1) is 11.7 Å². The predicted octanol–water partition coefficient (Wildman–Crippen LogP) is 2.13. The monoisotopic (exact) mass is 326 g/mol. The van der Waals surface area contributed by atoms with Crippen LogP contribution in [-0.4, -0.2) is 59.6 Å². The highest BCUT2D eigenvalue weighted by Crippen LogP contribution is 2.21. The maximum absolute atomic E-state index is 13.9. The van der Waals surface area contributed by atoms with E-state index in [0.29, 0.717) is 19.6 Å². The minimum absolute atomic E-state index is 0.123. The summed E-state index contributed by atoms with van der Waals surface area (Å²) in [6.45, 7) is 5.86. The van der Waals surface area contributed by atoms with Gasteiger partial charge in [0.25, 0.3) is 5.91 Å². The van der Waals surface area contributed by atoms with E-state index in [9.17, 15) is 18.7 Å². The van der Waals surface area contributed by atoms with Crippen LogP contribution < -0.4 is 0 Å². The van der Waals surface area contributed by atoms with Crippen molar-refractivity contribution in [1.82, 2.24) is 9.80 Å². The first-order chi connectivity index (χ1) is 10.8. The summed E-state index contributed by atoms with van der Waals surface area (Å²) in [6, 6.07) is 3.52. The highest BCUT2D eigenvalue weighted by Gasteiger charge is 2.33. The molecule has 0 spiro atoms. The maximum atomic E-state index is 13.9. The van der Waals surface area contributed by atoms with E-state index in [1.807, 2.05) is 13.8 Å². The van der Waals surface area contributed by atoms with E-state index in [4.69, 9.17) is 0 Å². The van der Waals surface area contributed by atoms with Gasteiger partial charge in [-0.25, -0.2) is 8.78 Å². The van der Waals surface area contributed by atoms with Crippen LogP contribution in [0.3, 0.4) is 0 Å². The number of nitrogens with zero attached hydrogens (tertiary/aromatic N) is 2. The largest absolute Gasteiger partial charge is 0.390 e. The molecule has 1 fully saturated rings. The predicted molar refractivity (Wildman–Crippen MR) is 84.1 cm³/mol. The first-order valence-electron chi connectivity index (χ1n) is 7.96. The standard InChI is InChI=1S/C17H24F2N2O2/c1-4-11(2)15(10-21-8-12(22)9-21)20(3)17(23)13-6-5-7-14(18)16(13)19/h5-7,11-12,15,22H,4,8-10H2,1-3H3/t11-,15+/m0/s1. The van der Waals surface area contributed by atoms with Gasteiger partial charge in [0.2, 0.25) is 0 Å². The molecule has 4 nitrogen and oxygen atoms in total. The van der Waals surface area contributed by atoms with Gasteiger partial charge < -0.3 is 10.0 Å². The quantitative estimate of drug-likeness (QED) is 0.871. The molecular formula is C17H24F2N2O2. The Bertz CT molecular complexity index is 562. The zero-order valence-corrected chi connectivity index (χ0v) is 13.8. The van der Waals surface area contributed by atoms with E-state index in [-0.39, 0.29) is 23.6 Å². The summed E-state index contributed by atoms with van der Waals surface area (Å²) in [4.78, 5) is 16.1. The van der Waals surface area contributed by atoms with Crippen molar-refractivity contribution in [2.24, 2.45) is 5.92 Å². The summed E-state index contributed by atoms with van der Waals surface area (Å²) in [5, 5.41) is 9.41. The Morgan fingerprint density at radius 3 is 2.65 bits per heavy atom. The van der Waals surface area contributed by atoms with E-state index < -0.39 is 17.5 Å². The number of benzene rings is 1. The highest BCUT2D eigenvalue weighted by molar-refractivity contribution is 5.94. The molecule has 1 saturated heterocycles. The second-order valence-corrected chi connectivity index (χ2v) is 6.34. The highest BCUT2D eigenvalue weighted by atomic mass is 19.2. The van der Waals surface area contributed by atoms with Crippen molar-refractivity contribution in [2.75, 3.05) is 26.7 Å². The van der Waals surface area contributed by atoms with E-state index in [1.165, 1.54) is 17.0 Å². The minimum Gasteiger partial charge on any atom is -0.390 e. The van der Waals surface area contributed by atoms with Crippen LogP contribution in [0.2, 0.25) is 0 Å². The first-order valence-corrected chi connectivity index (χ1v) is 7.96. The lowest BCUT2D eigenvalue weighted by atomic mass is 9.95. The third kappa shape index (κ3) is 3.87. The zero-order chi connectivity index (χ0) is 17.1. The Balaban J connectivity index is 2.16. The summed E-state index contributed by atoms with van der Waals surface area (Å²) in [5.41, 5.74) is -0.246. The van der Waals surface area contributed by atoms with E-state index in [0.717, 1.165) is 12.5 Å². The fourth-order valence-corrected chi connectivity index (χ4v) is 2.92. The number of hydrogen-bond donors (Lipinski definition) is 1. The molecule has 1 aromatic carbocycles. The summed E-state index contributed by atoms with van der Waals surface area (Å²) in [7, 11) is 1.62. The van der Waals surface area contributed by atoms with Gasteiger partial charge in [0.15, 0.2) is 11.6 Å². The Hall–Kier alpha value is -1.53. The normalized spacial score (nSPS) is 18.3. The third-order valence-electron chi connectivity index (χ3n) is 4.68. The topological polar surface area (TPSA) is 43.8 Å². The fraction of sp³-hybridized carbons (Fsp3) is 0.588. The molecule has 1 N–H and O–H groups in total. The number of amides is 1. The van der Waals surface area contributed by atoms with Gasteiger partial charge in [-0.2, -0.15) is 0 Å². The van der Waals surface area contributed by atoms with Crippen molar-refractivity contribution in [2.45, 2.75) is 32.4 Å². The molecular weight excluding hydrogens is 302 g/mol. The summed E-state index contributed by atoms with van der Waals surface area (Å²) in [6.07, 6.45) is 0.555. The van der Waals surface area contributed by atoms with Gasteiger partial charge >= 0.3 is 0 Å². The number of aliphatic hydroxyl groups is 1. The Morgan fingerprint density at radius 1 is 1.43 bits per heavy atom. The number of carbonyl (C=O) groups excluding carboxylic acids is 1. The SMILES string of the molecule is CC[C@H](C)[C@@H](CN1CC(O)C1)N(C)C(=O)c1cccc(F)c1F. The van der Waals surface area contributed by atoms with Gasteiger partial charge in [-0.15, -0.1) is 0 Å². The zero-order valence-electron chi connectivity index (χ0n) is 13.8. The second kappa shape index (κ2) is 7.36. The molecule has 6 heteroatoms. The van der Waals surface area contributed by atoms with Crippen LogP contribution in [0, 0.1) is 17.6 Å². The van der Waals surface area contributed by atoms with E-state index >= 15 is 0 Å². The van der Waals surface area contributed by atoms with Gasteiger partial charge in [-0.1, -0.05) is 26.3 Å². The Labute approximate surface area is 135 Å². The average Bonchev–Trinajstić information content (AvgIpc) is 2.51. The lowest BCUT2D eigenvalue weighted by Gasteiger charge is -2.42. The van der Waals surface area contributed by atoms with Gasteiger partial charge in [0, 0.05) is 32.7 Å². The first kappa shape index (κ1) is 17.8. The molecule has 0 aliphatic carbocycles. The van der Waals surface area contributed by atoms with Crippen LogP contribution >= 0.6 is 0 Å². The lowest BCUT2D eigenvalue weighted by molar-refractivity contribution is -0.0163. The minimum atomic E-state index is -1.10. The Morgan fingerprint density at radius 2 is 2.09 bits per heavy atom. The number of likely N-dealkylation sites (N-methyl/N-ethyl adjacent to an activating group) is 1.